The molecule has 1 aliphatic rings. The van der Waals surface area contributed by atoms with Gasteiger partial charge in [0.1, 0.15) is 17.1 Å². The maximum absolute atomic E-state index is 5.83. The number of benzene rings is 1. The van der Waals surface area contributed by atoms with Gasteiger partial charge in [-0.1, -0.05) is 18.2 Å². The molecule has 5 nitrogen and oxygen atoms in total. The Kier molecular flexibility index (Phi) is 2.26. The maximum Gasteiger partial charge on any atom is 0.230 e. The first-order valence-electron chi connectivity index (χ1n) is 4.65. The molecule has 15 heavy (non-hydrogen) atoms. The normalized spacial score (nSPS) is 25.2. The molecule has 1 aromatic carbocycles. The molecule has 0 radical (unpaired) electrons. The van der Waals surface area contributed by atoms with E-state index in [-0.39, 0.29) is 0 Å². The van der Waals surface area contributed by atoms with Crippen LogP contribution >= 0.6 is 0 Å². The number of ether oxygens (including phenoxy) is 1. The fraction of sp³-hybridized carbons (Fsp3) is 0.200. The van der Waals surface area contributed by atoms with E-state index in [4.69, 9.17) is 16.2 Å². The Labute approximate surface area is 88.1 Å². The van der Waals surface area contributed by atoms with Gasteiger partial charge >= 0.3 is 0 Å². The van der Waals surface area contributed by atoms with Crippen LogP contribution in [0.15, 0.2) is 41.9 Å². The van der Waals surface area contributed by atoms with Crippen molar-refractivity contribution in [2.75, 3.05) is 0 Å². The van der Waals surface area contributed by atoms with Crippen molar-refractivity contribution in [1.82, 2.24) is 10.9 Å². The van der Waals surface area contributed by atoms with Crippen LogP contribution in [0.1, 0.15) is 6.92 Å². The summed E-state index contributed by atoms with van der Waals surface area (Å²) < 4.78 is 5.52. The van der Waals surface area contributed by atoms with Crippen LogP contribution in [0, 0.1) is 0 Å². The van der Waals surface area contributed by atoms with Crippen molar-refractivity contribution in [1.29, 1.82) is 0 Å². The van der Waals surface area contributed by atoms with Crippen LogP contribution in [0.2, 0.25) is 0 Å². The molecule has 0 aliphatic carbocycles. The molecule has 2 rings (SSSR count). The van der Waals surface area contributed by atoms with Crippen molar-refractivity contribution in [3.63, 3.8) is 0 Å². The van der Waals surface area contributed by atoms with Crippen molar-refractivity contribution < 1.29 is 4.74 Å². The fourth-order valence-corrected chi connectivity index (χ4v) is 1.24. The minimum atomic E-state index is -0.774. The summed E-state index contributed by atoms with van der Waals surface area (Å²) in [5.41, 5.74) is 16.9. The Bertz CT molecular complexity index is 386. The third-order valence-corrected chi connectivity index (χ3v) is 2.20. The van der Waals surface area contributed by atoms with E-state index in [1.165, 1.54) is 0 Å². The molecule has 0 saturated carbocycles. The molecule has 0 spiro atoms. The average Bonchev–Trinajstić information content (AvgIpc) is 2.47. The molecule has 1 heterocycles. The molecule has 0 bridgehead atoms. The van der Waals surface area contributed by atoms with Crippen LogP contribution in [0.5, 0.6) is 5.75 Å². The first-order valence-corrected chi connectivity index (χ1v) is 4.65. The molecule has 80 valence electrons. The Morgan fingerprint density at radius 2 is 1.93 bits per heavy atom. The highest BCUT2D eigenvalue weighted by Crippen LogP contribution is 2.18. The Morgan fingerprint density at radius 1 is 1.27 bits per heavy atom. The molecule has 1 aliphatic heterocycles. The van der Waals surface area contributed by atoms with Gasteiger partial charge in [-0.15, -0.1) is 0 Å². The number of hydrogen-bond donors (Lipinski definition) is 4. The van der Waals surface area contributed by atoms with E-state index >= 15 is 0 Å². The van der Waals surface area contributed by atoms with Gasteiger partial charge in [0.2, 0.25) is 5.88 Å². The highest BCUT2D eigenvalue weighted by Gasteiger charge is 2.32. The molecule has 1 aromatic rings. The molecule has 5 heteroatoms. The summed E-state index contributed by atoms with van der Waals surface area (Å²) in [6.07, 6.45) is 0. The SMILES string of the molecule is CC1(N)NNC(Oc2ccccc2)=C1N. The second-order valence-corrected chi connectivity index (χ2v) is 3.61. The van der Waals surface area contributed by atoms with E-state index in [1.54, 1.807) is 6.92 Å². The number of nitrogens with one attached hydrogen (secondary N) is 2. The highest BCUT2D eigenvalue weighted by molar-refractivity contribution is 5.28. The third kappa shape index (κ3) is 1.88. The smallest absolute Gasteiger partial charge is 0.230 e. The number of para-hydroxylation sites is 1. The topological polar surface area (TPSA) is 85.3 Å². The molecule has 0 aromatic heterocycles. The summed E-state index contributed by atoms with van der Waals surface area (Å²) in [6.45, 7) is 1.76. The predicted octanol–water partition coefficient (Wildman–Crippen LogP) is -0.0241. The number of hydrogen-bond acceptors (Lipinski definition) is 5. The summed E-state index contributed by atoms with van der Waals surface area (Å²) >= 11 is 0. The summed E-state index contributed by atoms with van der Waals surface area (Å²) in [5.74, 6) is 1.16. The van der Waals surface area contributed by atoms with Crippen LogP contribution in [0.3, 0.4) is 0 Å². The second kappa shape index (κ2) is 3.45. The standard InChI is InChI=1S/C10H14N4O/c1-10(12)8(11)9(13-14-10)15-7-5-3-2-4-6-7/h2-6,13-14H,11-12H2,1H3. The molecular weight excluding hydrogens is 192 g/mol. The van der Waals surface area contributed by atoms with Crippen molar-refractivity contribution in [2.45, 2.75) is 12.6 Å². The lowest BCUT2D eigenvalue weighted by Gasteiger charge is -2.17. The van der Waals surface area contributed by atoms with Crippen LogP contribution in [-0.4, -0.2) is 5.66 Å². The number of hydrazine groups is 1. The largest absolute Gasteiger partial charge is 0.438 e. The second-order valence-electron chi connectivity index (χ2n) is 3.61. The quantitative estimate of drug-likeness (QED) is 0.546. The first kappa shape index (κ1) is 9.82. The number of rotatable bonds is 2. The lowest BCUT2D eigenvalue weighted by molar-refractivity contribution is 0.359. The van der Waals surface area contributed by atoms with Gasteiger partial charge in [0.05, 0.1) is 0 Å². The first-order chi connectivity index (χ1) is 7.09. The average molecular weight is 206 g/mol. The van der Waals surface area contributed by atoms with E-state index in [2.05, 4.69) is 10.9 Å². The van der Waals surface area contributed by atoms with E-state index < -0.39 is 5.66 Å². The monoisotopic (exact) mass is 206 g/mol. The van der Waals surface area contributed by atoms with Gasteiger partial charge < -0.3 is 16.2 Å². The van der Waals surface area contributed by atoms with Crippen LogP contribution in [0.25, 0.3) is 0 Å². The van der Waals surface area contributed by atoms with Crippen molar-refractivity contribution >= 4 is 0 Å². The summed E-state index contributed by atoms with van der Waals surface area (Å²) in [4.78, 5) is 0. The van der Waals surface area contributed by atoms with Crippen LogP contribution in [-0.2, 0) is 0 Å². The molecular formula is C10H14N4O. The maximum atomic E-state index is 5.83. The van der Waals surface area contributed by atoms with Gasteiger partial charge in [0.15, 0.2) is 0 Å². The Hall–Kier alpha value is -1.72. The van der Waals surface area contributed by atoms with Gasteiger partial charge in [-0.2, -0.15) is 0 Å². The number of nitrogens with two attached hydrogens (primary N) is 2. The van der Waals surface area contributed by atoms with Gasteiger partial charge in [-0.25, -0.2) is 5.43 Å². The minimum Gasteiger partial charge on any atom is -0.438 e. The Balaban J connectivity index is 2.18. The molecule has 6 N–H and O–H groups in total. The molecule has 1 unspecified atom stereocenters. The summed E-state index contributed by atoms with van der Waals surface area (Å²) in [5, 5.41) is 0. The zero-order valence-corrected chi connectivity index (χ0v) is 8.45. The fourth-order valence-electron chi connectivity index (χ4n) is 1.24. The van der Waals surface area contributed by atoms with Gasteiger partial charge in [-0.05, 0) is 19.1 Å². The summed E-state index contributed by atoms with van der Waals surface area (Å²) in [6, 6.07) is 9.37. The highest BCUT2D eigenvalue weighted by atomic mass is 16.5. The predicted molar refractivity (Wildman–Crippen MR) is 57.1 cm³/mol. The van der Waals surface area contributed by atoms with Gasteiger partial charge in [0.25, 0.3) is 0 Å². The third-order valence-electron chi connectivity index (χ3n) is 2.20. The minimum absolute atomic E-state index is 0.450. The molecule has 1 atom stereocenters. The molecule has 0 saturated heterocycles. The van der Waals surface area contributed by atoms with Crippen LogP contribution < -0.4 is 27.1 Å². The van der Waals surface area contributed by atoms with E-state index in [0.717, 1.165) is 0 Å². The van der Waals surface area contributed by atoms with Crippen LogP contribution in [0.4, 0.5) is 0 Å². The summed E-state index contributed by atoms with van der Waals surface area (Å²) in [7, 11) is 0. The van der Waals surface area contributed by atoms with Gasteiger partial charge in [0, 0.05) is 0 Å². The zero-order chi connectivity index (χ0) is 10.9. The zero-order valence-electron chi connectivity index (χ0n) is 8.45. The van der Waals surface area contributed by atoms with Crippen molar-refractivity contribution in [2.24, 2.45) is 11.5 Å². The lowest BCUT2D eigenvalue weighted by atomic mass is 10.2. The Morgan fingerprint density at radius 3 is 2.47 bits per heavy atom. The van der Waals surface area contributed by atoms with Crippen molar-refractivity contribution in [3.05, 3.63) is 41.9 Å². The van der Waals surface area contributed by atoms with Crippen molar-refractivity contribution in [3.8, 4) is 5.75 Å². The van der Waals surface area contributed by atoms with E-state index in [9.17, 15) is 0 Å². The molecule has 0 fully saturated rings. The van der Waals surface area contributed by atoms with Gasteiger partial charge in [-0.3, -0.25) is 5.43 Å². The van der Waals surface area contributed by atoms with E-state index in [1.807, 2.05) is 30.3 Å². The molecule has 0 amide bonds. The van der Waals surface area contributed by atoms with E-state index in [0.29, 0.717) is 17.3 Å². The lowest BCUT2D eigenvalue weighted by Crippen LogP contribution is -2.53.